The number of thioether (sulfide) groups is 2. The van der Waals surface area contributed by atoms with E-state index < -0.39 is 71.0 Å². The van der Waals surface area contributed by atoms with Crippen LogP contribution >= 0.6 is 23.5 Å². The van der Waals surface area contributed by atoms with Crippen LogP contribution in [0.25, 0.3) is 9.81 Å². The molecule has 2 N–H and O–H groups in total. The van der Waals surface area contributed by atoms with Gasteiger partial charge in [0.05, 0.1) is 47.9 Å². The Labute approximate surface area is 281 Å². The number of carbonyl (C=O) groups excluding carboxylic acids is 2. The molecular formula is C30H36N8O8S2. The van der Waals surface area contributed by atoms with Crippen LogP contribution in [0.3, 0.4) is 0 Å². The summed E-state index contributed by atoms with van der Waals surface area (Å²) in [5.41, 5.74) is -1.32. The fraction of sp³-hybridized carbons (Fsp3) is 0.600. The first-order valence-corrected chi connectivity index (χ1v) is 17.6. The van der Waals surface area contributed by atoms with Gasteiger partial charge in [0.15, 0.2) is 0 Å². The van der Waals surface area contributed by atoms with Crippen molar-refractivity contribution in [3.8, 4) is 0 Å². The third-order valence-electron chi connectivity index (χ3n) is 10.2. The molecule has 0 fully saturated rings. The Kier molecular flexibility index (Phi) is 8.19. The number of hydrogen-bond donors (Lipinski definition) is 2. The smallest absolute Gasteiger partial charge is 0.306 e. The van der Waals surface area contributed by atoms with Gasteiger partial charge in [0.25, 0.3) is 11.1 Å². The predicted molar refractivity (Wildman–Crippen MR) is 165 cm³/mol. The molecule has 16 nitrogen and oxygen atoms in total. The summed E-state index contributed by atoms with van der Waals surface area (Å²) in [6.45, 7) is 8.27. The van der Waals surface area contributed by atoms with E-state index in [0.29, 0.717) is 36.0 Å². The van der Waals surface area contributed by atoms with E-state index in [1.165, 1.54) is 46.5 Å². The van der Waals surface area contributed by atoms with Crippen molar-refractivity contribution in [1.82, 2.24) is 28.5 Å². The van der Waals surface area contributed by atoms with Crippen molar-refractivity contribution in [2.24, 2.45) is 23.7 Å². The van der Waals surface area contributed by atoms with E-state index in [1.807, 2.05) is 18.7 Å². The molecule has 0 bridgehead atoms. The molecule has 0 unspecified atom stereocenters. The number of carboxylic acids is 2. The molecule has 256 valence electrons. The zero-order chi connectivity index (χ0) is 34.3. The van der Waals surface area contributed by atoms with Gasteiger partial charge >= 0.3 is 12.7 Å². The largest absolute Gasteiger partial charge is 0.550 e. The van der Waals surface area contributed by atoms with Crippen LogP contribution in [0.15, 0.2) is 34.9 Å². The van der Waals surface area contributed by atoms with Crippen molar-refractivity contribution < 1.29 is 39.4 Å². The molecule has 18 heteroatoms. The predicted octanol–water partition coefficient (Wildman–Crippen LogP) is -5.30. The number of nitrogens with zero attached hydrogens (tertiary/aromatic N) is 8. The number of fused-ring (bicyclic) bond motifs is 4. The summed E-state index contributed by atoms with van der Waals surface area (Å²) in [6.07, 6.45) is 3.88. The molecule has 3 aromatic rings. The molecule has 8 atom stereocenters. The number of carbonyl (C=O) groups is 2. The van der Waals surface area contributed by atoms with Crippen LogP contribution in [-0.4, -0.2) is 73.3 Å². The van der Waals surface area contributed by atoms with Crippen LogP contribution in [0.4, 0.5) is 0 Å². The number of aromatic nitrogens is 8. The van der Waals surface area contributed by atoms with Gasteiger partial charge in [-0.15, -0.1) is 23.5 Å². The van der Waals surface area contributed by atoms with Gasteiger partial charge in [-0.25, -0.2) is 0 Å². The van der Waals surface area contributed by atoms with Gasteiger partial charge in [0, 0.05) is 45.4 Å². The SMILES string of the molecule is C[C@@H](O)[C@@H](C(=O)[O-])[C@H]1[C@@H](C)C(SC2Cn3cnc[n+]3C2)=c2c(=O)n3c(c(=O)n21)=C(SC1Cn2cnc[n+]2C1)[C@H](C)[C@@H]3[C@H](C(=O)[O-])[C@@H](C)O. The van der Waals surface area contributed by atoms with E-state index in [-0.39, 0.29) is 21.2 Å². The monoisotopic (exact) mass is 700 g/mol. The minimum Gasteiger partial charge on any atom is -0.550 e. The Bertz CT molecular complexity index is 1880. The number of aliphatic carboxylic acids is 2. The summed E-state index contributed by atoms with van der Waals surface area (Å²) >= 11 is 2.72. The molecule has 0 amide bonds. The van der Waals surface area contributed by atoms with E-state index in [9.17, 15) is 39.6 Å². The average molecular weight is 701 g/mol. The summed E-state index contributed by atoms with van der Waals surface area (Å²) in [5.74, 6) is -7.55. The topological polar surface area (TPSA) is 208 Å². The fourth-order valence-electron chi connectivity index (χ4n) is 8.06. The van der Waals surface area contributed by atoms with Crippen molar-refractivity contribution in [3.63, 3.8) is 0 Å². The maximum absolute atomic E-state index is 14.9. The second kappa shape index (κ2) is 12.0. The van der Waals surface area contributed by atoms with Crippen molar-refractivity contribution in [3.05, 3.63) is 56.7 Å². The van der Waals surface area contributed by atoms with E-state index in [4.69, 9.17) is 0 Å². The van der Waals surface area contributed by atoms with Crippen LogP contribution in [0, 0.1) is 23.7 Å². The van der Waals surface area contributed by atoms with Crippen LogP contribution in [0.2, 0.25) is 0 Å². The van der Waals surface area contributed by atoms with E-state index in [0.717, 1.165) is 0 Å². The summed E-state index contributed by atoms with van der Waals surface area (Å²) in [5, 5.41) is 46.3. The highest BCUT2D eigenvalue weighted by atomic mass is 32.2. The minimum atomic E-state index is -1.56. The average Bonchev–Trinajstić information content (AvgIpc) is 3.82. The molecule has 0 aliphatic carbocycles. The summed E-state index contributed by atoms with van der Waals surface area (Å²) in [6, 6.07) is -2.31. The standard InChI is InChI=1S/C30H36N8O8S2/c1-13-21(19(15(3)39)29(43)44)37-23(25(13)47-17-5-33-9-31-10-34(33)6-17)27(41)38-22(20(16(4)40)30(45)46)14(2)26(24(38)28(37)42)48-18-7-35-11-32-12-36(35)8-18/h9-22,39-40H,5-8H2,1-4H3/t13-,14-,15-,16-,19-,20-,21-,22-/m1/s1. The van der Waals surface area contributed by atoms with Crippen LogP contribution < -0.4 is 41.4 Å². The molecule has 0 radical (unpaired) electrons. The molecule has 4 aliphatic heterocycles. The Balaban J connectivity index is 1.48. The van der Waals surface area contributed by atoms with Crippen LogP contribution in [-0.2, 0) is 35.8 Å². The van der Waals surface area contributed by atoms with Gasteiger partial charge in [0.1, 0.15) is 23.8 Å². The molecule has 0 aromatic carbocycles. The molecule has 0 spiro atoms. The molecule has 0 saturated heterocycles. The number of carboxylic acid groups (broad SMARTS) is 2. The molecule has 7 heterocycles. The third kappa shape index (κ3) is 4.97. The zero-order valence-corrected chi connectivity index (χ0v) is 28.3. The summed E-state index contributed by atoms with van der Waals surface area (Å²) in [4.78, 5) is 64.2. The number of rotatable bonds is 10. The molecule has 0 saturated carbocycles. The highest BCUT2D eigenvalue weighted by Crippen LogP contribution is 2.45. The molecule has 4 aliphatic rings. The molecule has 3 aromatic heterocycles. The number of aliphatic hydroxyl groups is 2. The van der Waals surface area contributed by atoms with Crippen molar-refractivity contribution in [1.29, 1.82) is 0 Å². The Morgan fingerprint density at radius 3 is 1.48 bits per heavy atom. The van der Waals surface area contributed by atoms with Crippen molar-refractivity contribution in [2.75, 3.05) is 0 Å². The van der Waals surface area contributed by atoms with E-state index in [1.54, 1.807) is 39.2 Å². The Morgan fingerprint density at radius 2 is 1.17 bits per heavy atom. The molecule has 48 heavy (non-hydrogen) atoms. The lowest BCUT2D eigenvalue weighted by Crippen LogP contribution is -2.60. The van der Waals surface area contributed by atoms with Gasteiger partial charge in [-0.3, -0.25) is 18.7 Å². The first-order valence-electron chi connectivity index (χ1n) is 15.9. The first-order chi connectivity index (χ1) is 22.8. The lowest BCUT2D eigenvalue weighted by molar-refractivity contribution is -0.758. The second-order valence-electron chi connectivity index (χ2n) is 13.2. The third-order valence-corrected chi connectivity index (χ3v) is 13.1. The Hall–Kier alpha value is -3.74. The fourth-order valence-corrected chi connectivity index (χ4v) is 11.0. The van der Waals surface area contributed by atoms with E-state index in [2.05, 4.69) is 9.97 Å². The maximum Gasteiger partial charge on any atom is 0.306 e. The summed E-state index contributed by atoms with van der Waals surface area (Å²) in [7, 11) is 0. The summed E-state index contributed by atoms with van der Waals surface area (Å²) < 4.78 is 10.1. The normalized spacial score (nSPS) is 28.1. The lowest BCUT2D eigenvalue weighted by Gasteiger charge is -2.33. The van der Waals surface area contributed by atoms with Gasteiger partial charge in [-0.1, -0.05) is 13.8 Å². The zero-order valence-electron chi connectivity index (χ0n) is 26.6. The number of aliphatic hydroxyl groups excluding tert-OH is 2. The van der Waals surface area contributed by atoms with Gasteiger partial charge in [-0.05, 0) is 23.8 Å². The minimum absolute atomic E-state index is 0.0394. The van der Waals surface area contributed by atoms with Gasteiger partial charge < -0.3 is 30.0 Å². The van der Waals surface area contributed by atoms with Gasteiger partial charge in [0.2, 0.25) is 12.7 Å². The highest BCUT2D eigenvalue weighted by molar-refractivity contribution is 8.08. The quantitative estimate of drug-likeness (QED) is 0.190. The first kappa shape index (κ1) is 32.8. The van der Waals surface area contributed by atoms with Crippen molar-refractivity contribution >= 4 is 45.3 Å². The highest BCUT2D eigenvalue weighted by Gasteiger charge is 2.47. The van der Waals surface area contributed by atoms with Crippen molar-refractivity contribution in [2.45, 2.75) is 88.7 Å². The Morgan fingerprint density at radius 1 is 0.792 bits per heavy atom. The lowest BCUT2D eigenvalue weighted by atomic mass is 9.87. The van der Waals surface area contributed by atoms with Crippen LogP contribution in [0.1, 0.15) is 39.8 Å². The number of hydrogen-bond acceptors (Lipinski definition) is 12. The van der Waals surface area contributed by atoms with E-state index >= 15 is 0 Å². The van der Waals surface area contributed by atoms with Gasteiger partial charge in [-0.2, -0.15) is 18.7 Å². The molecule has 7 rings (SSSR count). The maximum atomic E-state index is 14.9. The second-order valence-corrected chi connectivity index (χ2v) is 15.9. The molecular weight excluding hydrogens is 665 g/mol. The van der Waals surface area contributed by atoms with Crippen LogP contribution in [0.5, 0.6) is 0 Å².